The molecule has 4 rings (SSSR count). The van der Waals surface area contributed by atoms with Gasteiger partial charge in [-0.3, -0.25) is 14.5 Å². The van der Waals surface area contributed by atoms with Crippen molar-refractivity contribution in [3.05, 3.63) is 87.3 Å². The van der Waals surface area contributed by atoms with Crippen molar-refractivity contribution >= 4 is 39.1 Å². The van der Waals surface area contributed by atoms with Gasteiger partial charge in [0.25, 0.3) is 11.7 Å². The Labute approximate surface area is 200 Å². The summed E-state index contributed by atoms with van der Waals surface area (Å²) in [5, 5.41) is 11.3. The molecule has 3 aromatic rings. The Hall–Kier alpha value is -3.32. The highest BCUT2D eigenvalue weighted by Gasteiger charge is 2.48. The van der Waals surface area contributed by atoms with E-state index in [1.165, 1.54) is 4.90 Å². The number of amides is 1. The second-order valence-corrected chi connectivity index (χ2v) is 9.12. The van der Waals surface area contributed by atoms with E-state index in [0.717, 1.165) is 10.0 Å². The van der Waals surface area contributed by atoms with Gasteiger partial charge in [-0.25, -0.2) is 0 Å². The highest BCUT2D eigenvalue weighted by molar-refractivity contribution is 9.10. The number of methoxy groups -OCH3 is 1. The molecule has 1 saturated heterocycles. The maximum absolute atomic E-state index is 13.2. The number of halogens is 1. The average Bonchev–Trinajstić information content (AvgIpc) is 3.33. The first-order chi connectivity index (χ1) is 15.7. The van der Waals surface area contributed by atoms with E-state index < -0.39 is 17.7 Å². The number of nitrogens with zero attached hydrogens (tertiary/aromatic N) is 1. The lowest BCUT2D eigenvalue weighted by Gasteiger charge is -2.23. The summed E-state index contributed by atoms with van der Waals surface area (Å²) in [5.74, 6) is 0.0889. The van der Waals surface area contributed by atoms with E-state index in [2.05, 4.69) is 15.9 Å². The summed E-state index contributed by atoms with van der Waals surface area (Å²) in [4.78, 5) is 27.8. The first-order valence-electron chi connectivity index (χ1n) is 10.5. The van der Waals surface area contributed by atoms with Crippen LogP contribution in [0.4, 0.5) is 5.69 Å². The Kier molecular flexibility index (Phi) is 6.17. The van der Waals surface area contributed by atoms with Crippen molar-refractivity contribution in [2.24, 2.45) is 0 Å². The number of hydrogen-bond acceptors (Lipinski definition) is 5. The zero-order valence-corrected chi connectivity index (χ0v) is 20.3. The van der Waals surface area contributed by atoms with Crippen molar-refractivity contribution < 1.29 is 23.8 Å². The van der Waals surface area contributed by atoms with Gasteiger partial charge in [-0.05, 0) is 66.9 Å². The number of aliphatic hydroxyl groups is 1. The van der Waals surface area contributed by atoms with Crippen LogP contribution in [0.2, 0.25) is 0 Å². The standard InChI is InChI=1S/C26H24BrNO5/c1-14(2)19-12-16(9-11-20(19)32-4)24(29)22-23(21-10-8-15(3)33-21)28(26(31)25(22)30)18-7-5-6-17(27)13-18/h5-14,23,29H,1-4H3/b24-22-. The van der Waals surface area contributed by atoms with Crippen molar-refractivity contribution in [2.75, 3.05) is 12.0 Å². The predicted octanol–water partition coefficient (Wildman–Crippen LogP) is 6.11. The highest BCUT2D eigenvalue weighted by Crippen LogP contribution is 2.43. The normalized spacial score (nSPS) is 17.8. The van der Waals surface area contributed by atoms with Gasteiger partial charge < -0.3 is 14.3 Å². The van der Waals surface area contributed by atoms with Gasteiger partial charge in [0.15, 0.2) is 0 Å². The fourth-order valence-corrected chi connectivity index (χ4v) is 4.47. The number of carbonyl (C=O) groups excluding carboxylic acids is 2. The van der Waals surface area contributed by atoms with Crippen LogP contribution < -0.4 is 9.64 Å². The molecule has 1 aromatic heterocycles. The largest absolute Gasteiger partial charge is 0.507 e. The summed E-state index contributed by atoms with van der Waals surface area (Å²) >= 11 is 3.42. The minimum atomic E-state index is -0.905. The van der Waals surface area contributed by atoms with Crippen LogP contribution in [-0.2, 0) is 9.59 Å². The third kappa shape index (κ3) is 4.09. The van der Waals surface area contributed by atoms with E-state index in [0.29, 0.717) is 28.5 Å². The molecule has 170 valence electrons. The number of anilines is 1. The monoisotopic (exact) mass is 509 g/mol. The summed E-state index contributed by atoms with van der Waals surface area (Å²) in [7, 11) is 1.59. The second-order valence-electron chi connectivity index (χ2n) is 8.21. The lowest BCUT2D eigenvalue weighted by molar-refractivity contribution is -0.132. The van der Waals surface area contributed by atoms with E-state index in [1.54, 1.807) is 62.6 Å². The Morgan fingerprint density at radius 1 is 1.12 bits per heavy atom. The molecule has 6 nitrogen and oxygen atoms in total. The average molecular weight is 510 g/mol. The van der Waals surface area contributed by atoms with Crippen LogP contribution in [0.3, 0.4) is 0 Å². The second kappa shape index (κ2) is 8.90. The van der Waals surface area contributed by atoms with Crippen LogP contribution in [-0.4, -0.2) is 23.9 Å². The van der Waals surface area contributed by atoms with Gasteiger partial charge in [0.2, 0.25) is 0 Å². The van der Waals surface area contributed by atoms with Crippen LogP contribution in [0.5, 0.6) is 5.75 Å². The SMILES string of the molecule is COc1ccc(/C(O)=C2/C(=O)C(=O)N(c3cccc(Br)c3)C2c2ccc(C)o2)cc1C(C)C. The Morgan fingerprint density at radius 3 is 2.48 bits per heavy atom. The van der Waals surface area contributed by atoms with E-state index in [4.69, 9.17) is 9.15 Å². The van der Waals surface area contributed by atoms with Gasteiger partial charge in [-0.1, -0.05) is 35.8 Å². The molecular weight excluding hydrogens is 486 g/mol. The lowest BCUT2D eigenvalue weighted by atomic mass is 9.95. The van der Waals surface area contributed by atoms with Crippen molar-refractivity contribution in [3.63, 3.8) is 0 Å². The predicted molar refractivity (Wildman–Crippen MR) is 129 cm³/mol. The number of carbonyl (C=O) groups is 2. The van der Waals surface area contributed by atoms with Gasteiger partial charge in [-0.15, -0.1) is 0 Å². The smallest absolute Gasteiger partial charge is 0.300 e. The summed E-state index contributed by atoms with van der Waals surface area (Å²) in [6.45, 7) is 5.81. The van der Waals surface area contributed by atoms with E-state index in [-0.39, 0.29) is 17.3 Å². The molecule has 0 saturated carbocycles. The number of ether oxygens (including phenoxy) is 1. The van der Waals surface area contributed by atoms with Gasteiger partial charge in [0.1, 0.15) is 29.1 Å². The van der Waals surface area contributed by atoms with Crippen LogP contribution >= 0.6 is 15.9 Å². The van der Waals surface area contributed by atoms with Crippen LogP contribution in [0.1, 0.15) is 48.5 Å². The Bertz CT molecular complexity index is 1270. The molecule has 7 heteroatoms. The van der Waals surface area contributed by atoms with Crippen LogP contribution in [0.25, 0.3) is 5.76 Å². The molecule has 1 amide bonds. The third-order valence-corrected chi connectivity index (χ3v) is 6.18. The molecule has 1 atom stereocenters. The quantitative estimate of drug-likeness (QED) is 0.255. The molecule has 1 aliphatic heterocycles. The number of aryl methyl sites for hydroxylation is 1. The summed E-state index contributed by atoms with van der Waals surface area (Å²) in [6, 6.07) is 14.9. The van der Waals surface area contributed by atoms with Gasteiger partial charge in [0.05, 0.1) is 12.7 Å². The molecule has 0 radical (unpaired) electrons. The molecule has 1 aliphatic rings. The van der Waals surface area contributed by atoms with E-state index in [9.17, 15) is 14.7 Å². The number of rotatable bonds is 5. The molecule has 33 heavy (non-hydrogen) atoms. The van der Waals surface area contributed by atoms with Crippen molar-refractivity contribution in [1.82, 2.24) is 0 Å². The summed E-state index contributed by atoms with van der Waals surface area (Å²) in [6.07, 6.45) is 0. The first kappa shape index (κ1) is 22.9. The van der Waals surface area contributed by atoms with E-state index >= 15 is 0 Å². The fraction of sp³-hybridized carbons (Fsp3) is 0.231. The maximum atomic E-state index is 13.2. The van der Waals surface area contributed by atoms with Crippen molar-refractivity contribution in [2.45, 2.75) is 32.7 Å². The number of furan rings is 1. The molecule has 0 aliphatic carbocycles. The molecule has 0 spiro atoms. The minimum Gasteiger partial charge on any atom is -0.507 e. The maximum Gasteiger partial charge on any atom is 0.300 e. The molecule has 1 fully saturated rings. The molecule has 1 N–H and O–H groups in total. The lowest BCUT2D eigenvalue weighted by Crippen LogP contribution is -2.29. The van der Waals surface area contributed by atoms with Gasteiger partial charge in [0, 0.05) is 15.7 Å². The molecule has 2 aromatic carbocycles. The molecule has 0 bridgehead atoms. The van der Waals surface area contributed by atoms with Gasteiger partial charge >= 0.3 is 0 Å². The summed E-state index contributed by atoms with van der Waals surface area (Å²) in [5.41, 5.74) is 1.81. The van der Waals surface area contributed by atoms with Crippen molar-refractivity contribution in [3.8, 4) is 5.75 Å². The molecule has 1 unspecified atom stereocenters. The van der Waals surface area contributed by atoms with E-state index in [1.807, 2.05) is 19.9 Å². The topological polar surface area (TPSA) is 80.0 Å². The number of aliphatic hydroxyl groups excluding tert-OH is 1. The van der Waals surface area contributed by atoms with Gasteiger partial charge in [-0.2, -0.15) is 0 Å². The summed E-state index contributed by atoms with van der Waals surface area (Å²) < 4.78 is 12.0. The first-order valence-corrected chi connectivity index (χ1v) is 11.3. The van der Waals surface area contributed by atoms with Crippen LogP contribution in [0, 0.1) is 6.92 Å². The third-order valence-electron chi connectivity index (χ3n) is 5.69. The number of hydrogen-bond donors (Lipinski definition) is 1. The van der Waals surface area contributed by atoms with Crippen LogP contribution in [0.15, 0.2) is 69.1 Å². The Morgan fingerprint density at radius 2 is 1.88 bits per heavy atom. The minimum absolute atomic E-state index is 0.0193. The molecule has 2 heterocycles. The van der Waals surface area contributed by atoms with Crippen molar-refractivity contribution in [1.29, 1.82) is 0 Å². The number of benzene rings is 2. The Balaban J connectivity index is 1.94. The number of ketones is 1. The highest BCUT2D eigenvalue weighted by atomic mass is 79.9. The zero-order chi connectivity index (χ0) is 23.9. The fourth-order valence-electron chi connectivity index (χ4n) is 4.08. The number of Topliss-reactive ketones (excluding diaryl/α,β-unsaturated/α-hetero) is 1. The molecular formula is C26H24BrNO5. The zero-order valence-electron chi connectivity index (χ0n) is 18.8.